The minimum absolute atomic E-state index is 0.295. The molecular weight excluding hydrogens is 236 g/mol. The average Bonchev–Trinajstić information content (AvgIpc) is 2.24. The molecule has 0 aliphatic heterocycles. The molecular formula is C13H12O5. The fraction of sp³-hybridized carbons (Fsp3) is 0.231. The van der Waals surface area contributed by atoms with Crippen LogP contribution in [0, 0.1) is 11.8 Å². The Morgan fingerprint density at radius 2 is 1.67 bits per heavy atom. The number of benzene rings is 1. The van der Waals surface area contributed by atoms with Crippen LogP contribution in [0.2, 0.25) is 0 Å². The molecule has 0 radical (unpaired) electrons. The third-order valence-corrected chi connectivity index (χ3v) is 1.99. The van der Waals surface area contributed by atoms with Crippen molar-refractivity contribution in [3.63, 3.8) is 0 Å². The van der Waals surface area contributed by atoms with Crippen molar-refractivity contribution in [2.24, 2.45) is 0 Å². The molecule has 0 bridgehead atoms. The maximum absolute atomic E-state index is 10.9. The number of rotatable bonds is 2. The summed E-state index contributed by atoms with van der Waals surface area (Å²) in [5.41, 5.74) is -1.49. The number of hydrogen-bond acceptors (Lipinski definition) is 3. The van der Waals surface area contributed by atoms with E-state index in [1.165, 1.54) is 32.0 Å². The smallest absolute Gasteiger partial charge is 0.336 e. The van der Waals surface area contributed by atoms with Crippen LogP contribution in [0.1, 0.15) is 40.1 Å². The first-order valence-electron chi connectivity index (χ1n) is 5.07. The van der Waals surface area contributed by atoms with Crippen LogP contribution < -0.4 is 0 Å². The molecule has 5 heteroatoms. The molecule has 0 saturated carbocycles. The van der Waals surface area contributed by atoms with Gasteiger partial charge in [0.1, 0.15) is 5.60 Å². The van der Waals surface area contributed by atoms with Crippen molar-refractivity contribution in [2.45, 2.75) is 19.4 Å². The van der Waals surface area contributed by atoms with Crippen LogP contribution in [-0.4, -0.2) is 32.9 Å². The maximum Gasteiger partial charge on any atom is 0.336 e. The summed E-state index contributed by atoms with van der Waals surface area (Å²) < 4.78 is 0. The summed E-state index contributed by atoms with van der Waals surface area (Å²) in [6.07, 6.45) is 0. The molecule has 0 heterocycles. The molecule has 0 spiro atoms. The number of carbonyl (C=O) groups is 2. The predicted octanol–water partition coefficient (Wildman–Crippen LogP) is 1.21. The zero-order valence-corrected chi connectivity index (χ0v) is 9.89. The van der Waals surface area contributed by atoms with E-state index in [0.717, 1.165) is 0 Å². The summed E-state index contributed by atoms with van der Waals surface area (Å²) in [7, 11) is 0. The van der Waals surface area contributed by atoms with E-state index in [4.69, 9.17) is 10.2 Å². The molecule has 0 amide bonds. The maximum atomic E-state index is 10.9. The lowest BCUT2D eigenvalue weighted by Gasteiger charge is -2.06. The van der Waals surface area contributed by atoms with Gasteiger partial charge < -0.3 is 15.3 Å². The van der Waals surface area contributed by atoms with E-state index in [1.807, 2.05) is 0 Å². The fourth-order valence-corrected chi connectivity index (χ4v) is 1.21. The Balaban J connectivity index is 3.27. The Kier molecular flexibility index (Phi) is 3.74. The number of hydrogen-bond donors (Lipinski definition) is 3. The highest BCUT2D eigenvalue weighted by atomic mass is 16.4. The van der Waals surface area contributed by atoms with Gasteiger partial charge in [-0.25, -0.2) is 9.59 Å². The third-order valence-electron chi connectivity index (χ3n) is 1.99. The van der Waals surface area contributed by atoms with Gasteiger partial charge in [-0.1, -0.05) is 11.8 Å². The van der Waals surface area contributed by atoms with Gasteiger partial charge in [0.2, 0.25) is 0 Å². The van der Waals surface area contributed by atoms with E-state index < -0.39 is 17.5 Å². The Hall–Kier alpha value is -2.32. The summed E-state index contributed by atoms with van der Waals surface area (Å²) >= 11 is 0. The van der Waals surface area contributed by atoms with Crippen molar-refractivity contribution in [1.82, 2.24) is 0 Å². The zero-order valence-electron chi connectivity index (χ0n) is 9.89. The normalized spacial score (nSPS) is 10.4. The second-order valence-electron chi connectivity index (χ2n) is 4.18. The Morgan fingerprint density at radius 3 is 2.11 bits per heavy atom. The molecule has 0 aromatic heterocycles. The molecule has 0 fully saturated rings. The van der Waals surface area contributed by atoms with Gasteiger partial charge >= 0.3 is 11.9 Å². The molecule has 94 valence electrons. The monoisotopic (exact) mass is 248 g/mol. The van der Waals surface area contributed by atoms with E-state index in [9.17, 15) is 14.7 Å². The van der Waals surface area contributed by atoms with Crippen LogP contribution in [0.3, 0.4) is 0 Å². The molecule has 1 rings (SSSR count). The summed E-state index contributed by atoms with van der Waals surface area (Å²) in [5, 5.41) is 27.1. The fourth-order valence-electron chi connectivity index (χ4n) is 1.21. The lowest BCUT2D eigenvalue weighted by Crippen LogP contribution is -2.14. The number of aromatic carboxylic acids is 2. The molecule has 1 aromatic rings. The number of aliphatic hydroxyl groups is 1. The summed E-state index contributed by atoms with van der Waals surface area (Å²) in [4.78, 5) is 21.7. The van der Waals surface area contributed by atoms with Gasteiger partial charge in [-0.2, -0.15) is 0 Å². The van der Waals surface area contributed by atoms with Crippen LogP contribution in [0.5, 0.6) is 0 Å². The first-order chi connectivity index (χ1) is 8.20. The molecule has 5 nitrogen and oxygen atoms in total. The van der Waals surface area contributed by atoms with Crippen molar-refractivity contribution >= 4 is 11.9 Å². The predicted molar refractivity (Wildman–Crippen MR) is 63.5 cm³/mol. The molecule has 0 unspecified atom stereocenters. The zero-order chi connectivity index (χ0) is 13.9. The van der Waals surface area contributed by atoms with Crippen molar-refractivity contribution < 1.29 is 24.9 Å². The molecule has 18 heavy (non-hydrogen) atoms. The number of carboxylic acids is 2. The van der Waals surface area contributed by atoms with E-state index in [0.29, 0.717) is 5.56 Å². The lowest BCUT2D eigenvalue weighted by molar-refractivity contribution is 0.0651. The molecule has 0 atom stereocenters. The summed E-state index contributed by atoms with van der Waals surface area (Å²) in [5.74, 6) is 2.46. The van der Waals surface area contributed by atoms with Gasteiger partial charge in [-0.15, -0.1) is 0 Å². The van der Waals surface area contributed by atoms with Crippen LogP contribution in [-0.2, 0) is 0 Å². The summed E-state index contributed by atoms with van der Waals surface area (Å²) in [6.45, 7) is 2.98. The van der Waals surface area contributed by atoms with Gasteiger partial charge in [-0.05, 0) is 32.0 Å². The van der Waals surface area contributed by atoms with Crippen molar-refractivity contribution in [1.29, 1.82) is 0 Å². The summed E-state index contributed by atoms with van der Waals surface area (Å²) in [6, 6.07) is 3.75. The minimum Gasteiger partial charge on any atom is -0.478 e. The van der Waals surface area contributed by atoms with Gasteiger partial charge in [-0.3, -0.25) is 0 Å². The van der Waals surface area contributed by atoms with Gasteiger partial charge in [0.15, 0.2) is 0 Å². The van der Waals surface area contributed by atoms with Gasteiger partial charge in [0.05, 0.1) is 11.1 Å². The van der Waals surface area contributed by atoms with Crippen LogP contribution in [0.4, 0.5) is 0 Å². The molecule has 3 N–H and O–H groups in total. The molecule has 0 saturated heterocycles. The highest BCUT2D eigenvalue weighted by Crippen LogP contribution is 2.12. The molecule has 1 aromatic carbocycles. The van der Waals surface area contributed by atoms with E-state index in [1.54, 1.807) is 0 Å². The van der Waals surface area contributed by atoms with E-state index >= 15 is 0 Å². The van der Waals surface area contributed by atoms with Crippen molar-refractivity contribution in [3.8, 4) is 11.8 Å². The first-order valence-corrected chi connectivity index (χ1v) is 5.07. The van der Waals surface area contributed by atoms with Crippen LogP contribution in [0.15, 0.2) is 18.2 Å². The van der Waals surface area contributed by atoms with Gasteiger partial charge in [0, 0.05) is 5.56 Å². The van der Waals surface area contributed by atoms with Crippen molar-refractivity contribution in [2.75, 3.05) is 0 Å². The number of carboxylic acid groups (broad SMARTS) is 2. The second-order valence-corrected chi connectivity index (χ2v) is 4.18. The Morgan fingerprint density at radius 1 is 1.11 bits per heavy atom. The molecule has 0 aliphatic rings. The first kappa shape index (κ1) is 13.7. The second kappa shape index (κ2) is 4.90. The standard InChI is InChI=1S/C13H12O5/c1-13(2,18)6-5-8-3-4-9(11(14)15)10(7-8)12(16)17/h3-4,7,18H,1-2H3,(H,14,15)(H,16,17). The molecule has 0 aliphatic carbocycles. The van der Waals surface area contributed by atoms with Crippen LogP contribution in [0.25, 0.3) is 0 Å². The lowest BCUT2D eigenvalue weighted by atomic mass is 10.0. The Bertz CT molecular complexity index is 555. The highest BCUT2D eigenvalue weighted by molar-refractivity contribution is 6.01. The van der Waals surface area contributed by atoms with E-state index in [-0.39, 0.29) is 11.1 Å². The van der Waals surface area contributed by atoms with Crippen molar-refractivity contribution in [3.05, 3.63) is 34.9 Å². The van der Waals surface area contributed by atoms with Gasteiger partial charge in [0.25, 0.3) is 0 Å². The quantitative estimate of drug-likeness (QED) is 0.684. The minimum atomic E-state index is -1.33. The SMILES string of the molecule is CC(C)(O)C#Cc1ccc(C(=O)O)c(C(=O)O)c1. The average molecular weight is 248 g/mol. The topological polar surface area (TPSA) is 94.8 Å². The van der Waals surface area contributed by atoms with Crippen LogP contribution >= 0.6 is 0 Å². The Labute approximate surface area is 104 Å². The highest BCUT2D eigenvalue weighted by Gasteiger charge is 2.16. The largest absolute Gasteiger partial charge is 0.478 e. The van der Waals surface area contributed by atoms with E-state index in [2.05, 4.69) is 11.8 Å². The third kappa shape index (κ3) is 3.61.